The van der Waals surface area contributed by atoms with Crippen LogP contribution in [0.4, 0.5) is 11.4 Å². The van der Waals surface area contributed by atoms with Crippen molar-refractivity contribution >= 4 is 17.3 Å². The van der Waals surface area contributed by atoms with Gasteiger partial charge in [-0.1, -0.05) is 19.9 Å². The van der Waals surface area contributed by atoms with Gasteiger partial charge in [0, 0.05) is 23.5 Å². The van der Waals surface area contributed by atoms with E-state index in [1.165, 1.54) is 5.56 Å². The van der Waals surface area contributed by atoms with Crippen LogP contribution < -0.4 is 10.6 Å². The Balaban J connectivity index is 1.94. The zero-order valence-electron chi connectivity index (χ0n) is 14.4. The van der Waals surface area contributed by atoms with Gasteiger partial charge in [-0.3, -0.25) is 4.79 Å². The summed E-state index contributed by atoms with van der Waals surface area (Å²) in [5.41, 5.74) is 4.89. The number of aryl methyl sites for hydroxylation is 2. The molecule has 2 aromatic rings. The average molecular weight is 310 g/mol. The van der Waals surface area contributed by atoms with Gasteiger partial charge < -0.3 is 10.6 Å². The lowest BCUT2D eigenvalue weighted by atomic mass is 10.1. The van der Waals surface area contributed by atoms with Crippen molar-refractivity contribution in [2.75, 3.05) is 17.2 Å². The fraction of sp³-hybridized carbons (Fsp3) is 0.350. The quantitative estimate of drug-likeness (QED) is 0.787. The van der Waals surface area contributed by atoms with E-state index in [-0.39, 0.29) is 5.91 Å². The summed E-state index contributed by atoms with van der Waals surface area (Å²) < 4.78 is 0. The first-order valence-corrected chi connectivity index (χ1v) is 8.18. The van der Waals surface area contributed by atoms with Crippen LogP contribution in [0.2, 0.25) is 0 Å². The van der Waals surface area contributed by atoms with Gasteiger partial charge in [0.1, 0.15) is 0 Å². The Bertz CT molecular complexity index is 660. The molecule has 2 aromatic carbocycles. The molecule has 0 aliphatic heterocycles. The molecule has 122 valence electrons. The maximum absolute atomic E-state index is 12.3. The van der Waals surface area contributed by atoms with Crippen molar-refractivity contribution in [2.45, 2.75) is 34.1 Å². The molecule has 23 heavy (non-hydrogen) atoms. The highest BCUT2D eigenvalue weighted by atomic mass is 16.1. The molecule has 0 atom stereocenters. The molecular formula is C20H26N2O. The topological polar surface area (TPSA) is 41.1 Å². The Labute approximate surface area is 139 Å². The zero-order chi connectivity index (χ0) is 16.8. The van der Waals surface area contributed by atoms with E-state index in [2.05, 4.69) is 24.5 Å². The minimum atomic E-state index is -0.0754. The van der Waals surface area contributed by atoms with Crippen molar-refractivity contribution in [2.24, 2.45) is 5.92 Å². The number of hydrogen-bond acceptors (Lipinski definition) is 2. The Kier molecular flexibility index (Phi) is 5.80. The van der Waals surface area contributed by atoms with Gasteiger partial charge >= 0.3 is 0 Å². The van der Waals surface area contributed by atoms with Crippen LogP contribution >= 0.6 is 0 Å². The lowest BCUT2D eigenvalue weighted by Gasteiger charge is -2.10. The van der Waals surface area contributed by atoms with Gasteiger partial charge in [0.2, 0.25) is 0 Å². The first-order chi connectivity index (χ1) is 11.0. The molecule has 0 fully saturated rings. The highest BCUT2D eigenvalue weighted by Crippen LogP contribution is 2.16. The van der Waals surface area contributed by atoms with E-state index >= 15 is 0 Å². The molecule has 0 aliphatic carbocycles. The van der Waals surface area contributed by atoms with Crippen LogP contribution in [0.3, 0.4) is 0 Å². The summed E-state index contributed by atoms with van der Waals surface area (Å²) in [4.78, 5) is 12.3. The van der Waals surface area contributed by atoms with Gasteiger partial charge in [0.15, 0.2) is 0 Å². The summed E-state index contributed by atoms with van der Waals surface area (Å²) in [5.74, 6) is 0.618. The molecule has 0 saturated heterocycles. The second kappa shape index (κ2) is 7.82. The van der Waals surface area contributed by atoms with Crippen molar-refractivity contribution in [1.82, 2.24) is 0 Å². The summed E-state index contributed by atoms with van der Waals surface area (Å²) in [6.45, 7) is 9.46. The molecule has 3 nitrogen and oxygen atoms in total. The molecule has 1 amide bonds. The SMILES string of the molecule is Cc1ccc(C(=O)Nc2ccc(NCCC(C)C)cc2)cc1C. The van der Waals surface area contributed by atoms with Crippen LogP contribution in [0.15, 0.2) is 42.5 Å². The van der Waals surface area contributed by atoms with Crippen LogP contribution in [0.1, 0.15) is 41.8 Å². The molecule has 0 bridgehead atoms. The third-order valence-corrected chi connectivity index (χ3v) is 3.96. The van der Waals surface area contributed by atoms with Gasteiger partial charge in [-0.25, -0.2) is 0 Å². The van der Waals surface area contributed by atoms with Crippen molar-refractivity contribution in [3.63, 3.8) is 0 Å². The number of amides is 1. The first kappa shape index (κ1) is 17.1. The molecule has 0 saturated carbocycles. The number of carbonyl (C=O) groups excluding carboxylic acids is 1. The van der Waals surface area contributed by atoms with Crippen LogP contribution in [-0.2, 0) is 0 Å². The average Bonchev–Trinajstić information content (AvgIpc) is 2.51. The summed E-state index contributed by atoms with van der Waals surface area (Å²) in [6, 6.07) is 13.6. The molecule has 3 heteroatoms. The molecule has 0 heterocycles. The van der Waals surface area contributed by atoms with Crippen LogP contribution in [-0.4, -0.2) is 12.5 Å². The Hall–Kier alpha value is -2.29. The van der Waals surface area contributed by atoms with Crippen molar-refractivity contribution in [1.29, 1.82) is 0 Å². The van der Waals surface area contributed by atoms with Gasteiger partial charge in [0.05, 0.1) is 0 Å². The number of benzene rings is 2. The molecule has 0 spiro atoms. The summed E-state index contributed by atoms with van der Waals surface area (Å²) >= 11 is 0. The largest absolute Gasteiger partial charge is 0.385 e. The minimum absolute atomic E-state index is 0.0754. The van der Waals surface area contributed by atoms with E-state index in [4.69, 9.17) is 0 Å². The normalized spacial score (nSPS) is 10.7. The second-order valence-corrected chi connectivity index (χ2v) is 6.44. The summed E-state index contributed by atoms with van der Waals surface area (Å²) in [5, 5.41) is 6.33. The van der Waals surface area contributed by atoms with Crippen LogP contribution in [0.25, 0.3) is 0 Å². The van der Waals surface area contributed by atoms with E-state index in [1.807, 2.05) is 56.3 Å². The van der Waals surface area contributed by atoms with Crippen LogP contribution in [0.5, 0.6) is 0 Å². The van der Waals surface area contributed by atoms with Gasteiger partial charge in [-0.15, -0.1) is 0 Å². The van der Waals surface area contributed by atoms with E-state index in [0.717, 1.165) is 29.9 Å². The maximum atomic E-state index is 12.3. The molecular weight excluding hydrogens is 284 g/mol. The highest BCUT2D eigenvalue weighted by Gasteiger charge is 2.07. The van der Waals surface area contributed by atoms with E-state index < -0.39 is 0 Å². The Morgan fingerprint density at radius 1 is 0.957 bits per heavy atom. The van der Waals surface area contributed by atoms with Gasteiger partial charge in [-0.05, 0) is 73.7 Å². The number of carbonyl (C=O) groups is 1. The number of nitrogens with one attached hydrogen (secondary N) is 2. The van der Waals surface area contributed by atoms with E-state index in [9.17, 15) is 4.79 Å². The molecule has 0 aromatic heterocycles. The number of hydrogen-bond donors (Lipinski definition) is 2. The predicted molar refractivity (Wildman–Crippen MR) is 98.3 cm³/mol. The maximum Gasteiger partial charge on any atom is 0.255 e. The number of anilines is 2. The predicted octanol–water partition coefficient (Wildman–Crippen LogP) is 5.01. The van der Waals surface area contributed by atoms with Gasteiger partial charge in [0.25, 0.3) is 5.91 Å². The fourth-order valence-corrected chi connectivity index (χ4v) is 2.26. The second-order valence-electron chi connectivity index (χ2n) is 6.44. The molecule has 0 radical (unpaired) electrons. The third-order valence-electron chi connectivity index (χ3n) is 3.96. The third kappa shape index (κ3) is 5.13. The van der Waals surface area contributed by atoms with E-state index in [1.54, 1.807) is 0 Å². The zero-order valence-corrected chi connectivity index (χ0v) is 14.4. The molecule has 0 unspecified atom stereocenters. The summed E-state index contributed by atoms with van der Waals surface area (Å²) in [6.07, 6.45) is 1.14. The van der Waals surface area contributed by atoms with Crippen molar-refractivity contribution in [3.8, 4) is 0 Å². The van der Waals surface area contributed by atoms with E-state index in [0.29, 0.717) is 11.5 Å². The smallest absolute Gasteiger partial charge is 0.255 e. The fourth-order valence-electron chi connectivity index (χ4n) is 2.26. The van der Waals surface area contributed by atoms with Gasteiger partial charge in [-0.2, -0.15) is 0 Å². The monoisotopic (exact) mass is 310 g/mol. The number of rotatable bonds is 6. The van der Waals surface area contributed by atoms with Crippen LogP contribution in [0, 0.1) is 19.8 Å². The first-order valence-electron chi connectivity index (χ1n) is 8.18. The molecule has 2 N–H and O–H groups in total. The van der Waals surface area contributed by atoms with Crippen molar-refractivity contribution < 1.29 is 4.79 Å². The molecule has 2 rings (SSSR count). The van der Waals surface area contributed by atoms with Crippen molar-refractivity contribution in [3.05, 3.63) is 59.2 Å². The highest BCUT2D eigenvalue weighted by molar-refractivity contribution is 6.04. The summed E-state index contributed by atoms with van der Waals surface area (Å²) in [7, 11) is 0. The molecule has 0 aliphatic rings. The Morgan fingerprint density at radius 2 is 1.61 bits per heavy atom. The standard InChI is InChI=1S/C20H26N2O/c1-14(2)11-12-21-18-7-9-19(10-8-18)22-20(23)17-6-5-15(3)16(4)13-17/h5-10,13-14,21H,11-12H2,1-4H3,(H,22,23). The Morgan fingerprint density at radius 3 is 2.22 bits per heavy atom. The minimum Gasteiger partial charge on any atom is -0.385 e. The lowest BCUT2D eigenvalue weighted by molar-refractivity contribution is 0.102. The lowest BCUT2D eigenvalue weighted by Crippen LogP contribution is -2.12.